The molecular formula is C72H79BN2S. The zero-order valence-electron chi connectivity index (χ0n) is 48.2. The number of thiophene rings is 1. The maximum absolute atomic E-state index is 2.82. The van der Waals surface area contributed by atoms with Gasteiger partial charge in [0, 0.05) is 65.1 Å². The zero-order valence-corrected chi connectivity index (χ0v) is 49.0. The van der Waals surface area contributed by atoms with E-state index >= 15 is 0 Å². The molecule has 0 bridgehead atoms. The number of anilines is 6. The second-order valence-electron chi connectivity index (χ2n) is 28.6. The van der Waals surface area contributed by atoms with Crippen LogP contribution in [0.5, 0.6) is 0 Å². The third-order valence-electron chi connectivity index (χ3n) is 21.3. The summed E-state index contributed by atoms with van der Waals surface area (Å²) in [5.74, 6) is 0.517. The van der Waals surface area contributed by atoms with E-state index < -0.39 is 0 Å². The van der Waals surface area contributed by atoms with Crippen LogP contribution in [0.4, 0.5) is 34.1 Å². The van der Waals surface area contributed by atoms with E-state index in [0.717, 1.165) is 0 Å². The lowest BCUT2D eigenvalue weighted by atomic mass is 9.33. The Labute approximate surface area is 459 Å². The van der Waals surface area contributed by atoms with E-state index in [1.807, 2.05) is 11.3 Å². The molecule has 2 aliphatic heterocycles. The lowest BCUT2D eigenvalue weighted by Crippen LogP contribution is -2.62. The topological polar surface area (TPSA) is 6.48 Å². The standard InChI is InChI=1S/C72H79BN2S/c1-42-22-18-21-27-58(42)74-60-36-47-46-35-51-53(70(9,10)31-29-68(51,5)6)40-64(46)76-65(47)41-57(60)73-56-37-54-55(72(13,14)49-26-20-19-25-48(49)71(54,11)12)39-61(56)75(63-34-45(33-62(74)66(63)73)44-23-16-15-17-24-44)59-38-52-50(32-43(59)2)67(3,4)28-30-69(52,7)8/h18-22,25-27,32-41,44H,15-17,23-24,28-31H2,1-14H3. The first kappa shape index (κ1) is 48.8. The van der Waals surface area contributed by atoms with Gasteiger partial charge in [-0.15, -0.1) is 11.3 Å². The van der Waals surface area contributed by atoms with Crippen molar-refractivity contribution in [1.82, 2.24) is 0 Å². The van der Waals surface area contributed by atoms with Crippen molar-refractivity contribution in [1.29, 1.82) is 0 Å². The molecular weight excluding hydrogens is 936 g/mol. The van der Waals surface area contributed by atoms with Crippen LogP contribution in [0.15, 0.2) is 109 Å². The lowest BCUT2D eigenvalue weighted by molar-refractivity contribution is 0.332. The Morgan fingerprint density at radius 2 is 0.882 bits per heavy atom. The van der Waals surface area contributed by atoms with Crippen molar-refractivity contribution in [3.63, 3.8) is 0 Å². The number of rotatable bonds is 3. The number of fused-ring (bicyclic) bond motifs is 11. The number of hydrogen-bond acceptors (Lipinski definition) is 3. The van der Waals surface area contributed by atoms with Gasteiger partial charge in [0.1, 0.15) is 0 Å². The Morgan fingerprint density at radius 3 is 1.50 bits per heavy atom. The molecule has 1 fully saturated rings. The summed E-state index contributed by atoms with van der Waals surface area (Å²) in [5, 5.41) is 2.81. The van der Waals surface area contributed by atoms with Crippen molar-refractivity contribution < 1.29 is 0 Å². The summed E-state index contributed by atoms with van der Waals surface area (Å²) in [5.41, 5.74) is 28.5. The van der Waals surface area contributed by atoms with E-state index in [1.54, 1.807) is 11.1 Å². The molecule has 4 aliphatic carbocycles. The average Bonchev–Trinajstić information content (AvgIpc) is 3.87. The Balaban J connectivity index is 1.13. The molecule has 6 aliphatic rings. The van der Waals surface area contributed by atoms with Crippen LogP contribution in [0, 0.1) is 13.8 Å². The molecule has 3 heterocycles. The minimum Gasteiger partial charge on any atom is -0.311 e. The highest BCUT2D eigenvalue weighted by Gasteiger charge is 2.50. The fourth-order valence-electron chi connectivity index (χ4n) is 16.2. The Morgan fingerprint density at radius 1 is 0.408 bits per heavy atom. The smallest absolute Gasteiger partial charge is 0.252 e. The molecule has 0 radical (unpaired) electrons. The summed E-state index contributed by atoms with van der Waals surface area (Å²) in [6.07, 6.45) is 11.2. The SMILES string of the molecule is Cc1ccccc1N1c2cc3c(cc2B2c4cc5c(cc4N(c4cc6c(cc4C)C(C)(C)CCC6(C)C)c4cc(C6CCCCC6)cc1c42)C(C)(C)c1ccccc1C5(C)C)sc1cc2c(cc13)C(C)(C)CCC2(C)C. The van der Waals surface area contributed by atoms with Crippen LogP contribution >= 0.6 is 11.3 Å². The summed E-state index contributed by atoms with van der Waals surface area (Å²) in [6, 6.07) is 45.4. The van der Waals surface area contributed by atoms with Crippen LogP contribution in [0.3, 0.4) is 0 Å². The summed E-state index contributed by atoms with van der Waals surface area (Å²) < 4.78 is 2.82. The maximum Gasteiger partial charge on any atom is 0.252 e. The first-order chi connectivity index (χ1) is 36.0. The van der Waals surface area contributed by atoms with Gasteiger partial charge in [-0.1, -0.05) is 157 Å². The molecule has 386 valence electrons. The third kappa shape index (κ3) is 6.77. The lowest BCUT2D eigenvalue weighted by Gasteiger charge is -2.49. The van der Waals surface area contributed by atoms with E-state index in [9.17, 15) is 0 Å². The molecule has 0 unspecified atom stereocenters. The molecule has 0 spiro atoms. The summed E-state index contributed by atoms with van der Waals surface area (Å²) in [4.78, 5) is 5.57. The molecule has 76 heavy (non-hydrogen) atoms. The molecule has 1 saturated carbocycles. The Bertz CT molecular complexity index is 3810. The number of aryl methyl sites for hydroxylation is 2. The number of hydrogen-bond donors (Lipinski definition) is 0. The van der Waals surface area contributed by atoms with Crippen LogP contribution in [0.2, 0.25) is 0 Å². The minimum atomic E-state index is -0.202. The molecule has 0 N–H and O–H groups in total. The van der Waals surface area contributed by atoms with E-state index in [0.29, 0.717) is 5.92 Å². The van der Waals surface area contributed by atoms with Gasteiger partial charge in [-0.25, -0.2) is 0 Å². The highest BCUT2D eigenvalue weighted by atomic mass is 32.1. The number of benzene rings is 7. The number of para-hydroxylation sites is 1. The molecule has 0 amide bonds. The molecule has 0 saturated heterocycles. The van der Waals surface area contributed by atoms with Crippen LogP contribution in [-0.4, -0.2) is 6.71 Å². The highest BCUT2D eigenvalue weighted by molar-refractivity contribution is 7.26. The van der Waals surface area contributed by atoms with Crippen molar-refractivity contribution in [3.05, 3.63) is 170 Å². The molecule has 4 heteroatoms. The molecule has 14 rings (SSSR count). The van der Waals surface area contributed by atoms with E-state index in [-0.39, 0.29) is 39.2 Å². The highest BCUT2D eigenvalue weighted by Crippen LogP contribution is 2.57. The van der Waals surface area contributed by atoms with Crippen LogP contribution in [0.25, 0.3) is 20.2 Å². The predicted molar refractivity (Wildman–Crippen MR) is 330 cm³/mol. The number of nitrogens with zero attached hydrogens (tertiary/aromatic N) is 2. The zero-order chi connectivity index (χ0) is 53.0. The maximum atomic E-state index is 2.82. The summed E-state index contributed by atoms with van der Waals surface area (Å²) in [7, 11) is 0. The fourth-order valence-corrected chi connectivity index (χ4v) is 17.4. The summed E-state index contributed by atoms with van der Waals surface area (Å²) >= 11 is 2.02. The van der Waals surface area contributed by atoms with Gasteiger partial charge in [0.15, 0.2) is 0 Å². The second kappa shape index (κ2) is 16.0. The van der Waals surface area contributed by atoms with E-state index in [2.05, 4.69) is 216 Å². The van der Waals surface area contributed by atoms with E-state index in [1.165, 1.54) is 179 Å². The van der Waals surface area contributed by atoms with Gasteiger partial charge in [-0.3, -0.25) is 0 Å². The monoisotopic (exact) mass is 1010 g/mol. The van der Waals surface area contributed by atoms with Crippen molar-refractivity contribution in [2.24, 2.45) is 0 Å². The van der Waals surface area contributed by atoms with Crippen molar-refractivity contribution in [3.8, 4) is 0 Å². The first-order valence-corrected chi connectivity index (χ1v) is 30.1. The predicted octanol–water partition coefficient (Wildman–Crippen LogP) is 18.5. The van der Waals surface area contributed by atoms with Gasteiger partial charge in [0.2, 0.25) is 0 Å². The molecule has 0 atom stereocenters. The van der Waals surface area contributed by atoms with Crippen molar-refractivity contribution in [2.75, 3.05) is 9.80 Å². The largest absolute Gasteiger partial charge is 0.311 e. The molecule has 1 aromatic heterocycles. The molecule has 2 nitrogen and oxygen atoms in total. The molecule has 8 aromatic rings. The second-order valence-corrected chi connectivity index (χ2v) is 29.7. The minimum absolute atomic E-state index is 0.0160. The van der Waals surface area contributed by atoms with Crippen molar-refractivity contribution >= 4 is 88.7 Å². The van der Waals surface area contributed by atoms with Crippen LogP contribution in [0.1, 0.15) is 208 Å². The normalized spacial score (nSPS) is 20.8. The van der Waals surface area contributed by atoms with Gasteiger partial charge in [-0.2, -0.15) is 0 Å². The van der Waals surface area contributed by atoms with Gasteiger partial charge in [-0.05, 0) is 212 Å². The quantitative estimate of drug-likeness (QED) is 0.163. The first-order valence-electron chi connectivity index (χ1n) is 29.3. The van der Waals surface area contributed by atoms with Gasteiger partial charge >= 0.3 is 0 Å². The molecule has 7 aromatic carbocycles. The van der Waals surface area contributed by atoms with Crippen molar-refractivity contribution in [2.45, 2.75) is 193 Å². The van der Waals surface area contributed by atoms with Crippen LogP contribution < -0.4 is 26.2 Å². The third-order valence-corrected chi connectivity index (χ3v) is 22.4. The van der Waals surface area contributed by atoms with Gasteiger partial charge in [0.05, 0.1) is 0 Å². The summed E-state index contributed by atoms with van der Waals surface area (Å²) in [6.45, 7) is 34.7. The Kier molecular flexibility index (Phi) is 10.3. The van der Waals surface area contributed by atoms with Gasteiger partial charge in [0.25, 0.3) is 6.71 Å². The Hall–Kier alpha value is -5.58. The fraction of sp³-hybridized carbons (Fsp3) is 0.417. The van der Waals surface area contributed by atoms with E-state index in [4.69, 9.17) is 0 Å². The average molecular weight is 1020 g/mol. The van der Waals surface area contributed by atoms with Gasteiger partial charge < -0.3 is 9.80 Å². The van der Waals surface area contributed by atoms with Crippen LogP contribution in [-0.2, 0) is 32.5 Å².